The summed E-state index contributed by atoms with van der Waals surface area (Å²) in [5, 5.41) is 12.4. The van der Waals surface area contributed by atoms with Gasteiger partial charge in [-0.15, -0.1) is 0 Å². The van der Waals surface area contributed by atoms with Crippen molar-refractivity contribution in [2.75, 3.05) is 6.61 Å². The molecule has 0 saturated heterocycles. The zero-order valence-corrected chi connectivity index (χ0v) is 6.95. The summed E-state index contributed by atoms with van der Waals surface area (Å²) >= 11 is 3.20. The van der Waals surface area contributed by atoms with Crippen LogP contribution in [-0.2, 0) is 6.54 Å². The predicted molar refractivity (Wildman–Crippen MR) is 39.4 cm³/mol. The molecule has 0 saturated carbocycles. The summed E-state index contributed by atoms with van der Waals surface area (Å²) in [5.41, 5.74) is 0. The largest absolute Gasteiger partial charge is 0.396 e. The van der Waals surface area contributed by atoms with Gasteiger partial charge in [0.2, 0.25) is 0 Å². The highest BCUT2D eigenvalue weighted by atomic mass is 79.9. The highest BCUT2D eigenvalue weighted by Gasteiger charge is 1.96. The van der Waals surface area contributed by atoms with E-state index >= 15 is 0 Å². The molecule has 0 bridgehead atoms. The molecule has 1 rings (SSSR count). The average Bonchev–Trinajstić information content (AvgIpc) is 2.31. The first-order chi connectivity index (χ1) is 4.84. The zero-order valence-electron chi connectivity index (χ0n) is 5.37. The molecule has 0 amide bonds. The minimum atomic E-state index is 0.187. The van der Waals surface area contributed by atoms with Crippen molar-refractivity contribution in [3.8, 4) is 0 Å². The number of aromatic nitrogens is 3. The van der Waals surface area contributed by atoms with E-state index in [-0.39, 0.29) is 6.61 Å². The van der Waals surface area contributed by atoms with Gasteiger partial charge in [0.25, 0.3) is 0 Å². The van der Waals surface area contributed by atoms with Crippen molar-refractivity contribution in [2.24, 2.45) is 0 Å². The fourth-order valence-corrected chi connectivity index (χ4v) is 0.981. The van der Waals surface area contributed by atoms with Crippen molar-refractivity contribution in [1.82, 2.24) is 14.8 Å². The Morgan fingerprint density at radius 1 is 1.70 bits per heavy atom. The molecular formula is C5H8BrN3O. The molecule has 0 aliphatic rings. The van der Waals surface area contributed by atoms with E-state index in [0.717, 1.165) is 0 Å². The van der Waals surface area contributed by atoms with Crippen LogP contribution in [0.1, 0.15) is 6.42 Å². The lowest BCUT2D eigenvalue weighted by Gasteiger charge is -1.97. The standard InChI is InChI=1S/C5H8BrN3O/c6-5-7-4-8-9(5)2-1-3-10/h4,10H,1-3H2. The second-order valence-electron chi connectivity index (χ2n) is 1.83. The average molecular weight is 206 g/mol. The molecule has 4 nitrogen and oxygen atoms in total. The highest BCUT2D eigenvalue weighted by molar-refractivity contribution is 9.10. The van der Waals surface area contributed by atoms with Gasteiger partial charge in [-0.25, -0.2) is 9.67 Å². The molecule has 0 spiro atoms. The molecule has 0 fully saturated rings. The van der Waals surface area contributed by atoms with E-state index in [1.807, 2.05) is 0 Å². The summed E-state index contributed by atoms with van der Waals surface area (Å²) in [6.07, 6.45) is 2.18. The van der Waals surface area contributed by atoms with Crippen LogP contribution in [0.5, 0.6) is 0 Å². The Balaban J connectivity index is 2.49. The molecule has 10 heavy (non-hydrogen) atoms. The maximum absolute atomic E-state index is 8.48. The number of aliphatic hydroxyl groups excluding tert-OH is 1. The first-order valence-electron chi connectivity index (χ1n) is 2.99. The third-order valence-electron chi connectivity index (χ3n) is 1.10. The van der Waals surface area contributed by atoms with Crippen LogP contribution in [0.2, 0.25) is 0 Å². The quantitative estimate of drug-likeness (QED) is 0.779. The normalized spacial score (nSPS) is 10.2. The first-order valence-corrected chi connectivity index (χ1v) is 3.78. The topological polar surface area (TPSA) is 50.9 Å². The highest BCUT2D eigenvalue weighted by Crippen LogP contribution is 2.03. The van der Waals surface area contributed by atoms with Gasteiger partial charge in [-0.3, -0.25) is 0 Å². The van der Waals surface area contributed by atoms with Gasteiger partial charge in [0, 0.05) is 13.2 Å². The molecular weight excluding hydrogens is 198 g/mol. The van der Waals surface area contributed by atoms with E-state index in [4.69, 9.17) is 5.11 Å². The molecule has 1 aromatic rings. The number of aliphatic hydroxyl groups is 1. The van der Waals surface area contributed by atoms with E-state index in [9.17, 15) is 0 Å². The van der Waals surface area contributed by atoms with Crippen LogP contribution < -0.4 is 0 Å². The fraction of sp³-hybridized carbons (Fsp3) is 0.600. The van der Waals surface area contributed by atoms with Crippen LogP contribution >= 0.6 is 15.9 Å². The molecule has 56 valence electrons. The van der Waals surface area contributed by atoms with Crippen LogP contribution in [-0.4, -0.2) is 26.5 Å². The van der Waals surface area contributed by atoms with Gasteiger partial charge in [0.1, 0.15) is 6.33 Å². The molecule has 0 unspecified atom stereocenters. The van der Waals surface area contributed by atoms with Gasteiger partial charge in [0.05, 0.1) is 0 Å². The van der Waals surface area contributed by atoms with E-state index < -0.39 is 0 Å². The van der Waals surface area contributed by atoms with Crippen molar-refractivity contribution >= 4 is 15.9 Å². The number of hydrogen-bond acceptors (Lipinski definition) is 3. The summed E-state index contributed by atoms with van der Waals surface area (Å²) in [7, 11) is 0. The van der Waals surface area contributed by atoms with Crippen molar-refractivity contribution in [1.29, 1.82) is 0 Å². The molecule has 0 aliphatic carbocycles. The Morgan fingerprint density at radius 2 is 2.50 bits per heavy atom. The molecule has 0 atom stereocenters. The molecule has 0 aliphatic heterocycles. The minimum absolute atomic E-state index is 0.187. The van der Waals surface area contributed by atoms with Crippen LogP contribution in [0.15, 0.2) is 11.1 Å². The molecule has 1 aromatic heterocycles. The summed E-state index contributed by atoms with van der Waals surface area (Å²) in [4.78, 5) is 3.86. The summed E-state index contributed by atoms with van der Waals surface area (Å²) in [6, 6.07) is 0. The van der Waals surface area contributed by atoms with Gasteiger partial charge < -0.3 is 5.11 Å². The number of halogens is 1. The van der Waals surface area contributed by atoms with Crippen molar-refractivity contribution < 1.29 is 5.11 Å². The number of aryl methyl sites for hydroxylation is 1. The second kappa shape index (κ2) is 3.68. The Morgan fingerprint density at radius 3 is 3.00 bits per heavy atom. The lowest BCUT2D eigenvalue weighted by atomic mass is 10.5. The van der Waals surface area contributed by atoms with Gasteiger partial charge in [-0.05, 0) is 22.4 Å². The van der Waals surface area contributed by atoms with Crippen LogP contribution in [0.25, 0.3) is 0 Å². The number of hydrogen-bond donors (Lipinski definition) is 1. The van der Waals surface area contributed by atoms with Gasteiger partial charge in [0.15, 0.2) is 4.73 Å². The van der Waals surface area contributed by atoms with Crippen LogP contribution in [0, 0.1) is 0 Å². The second-order valence-corrected chi connectivity index (χ2v) is 2.54. The SMILES string of the molecule is OCCCn1ncnc1Br. The summed E-state index contributed by atoms with van der Waals surface area (Å²) < 4.78 is 2.40. The molecule has 5 heteroatoms. The fourth-order valence-electron chi connectivity index (χ4n) is 0.621. The van der Waals surface area contributed by atoms with Gasteiger partial charge in [-0.2, -0.15) is 5.10 Å². The Labute approximate surface area is 67.0 Å². The molecule has 1 N–H and O–H groups in total. The van der Waals surface area contributed by atoms with Crippen molar-refractivity contribution in [2.45, 2.75) is 13.0 Å². The minimum Gasteiger partial charge on any atom is -0.396 e. The third-order valence-corrected chi connectivity index (χ3v) is 1.71. The number of rotatable bonds is 3. The Bertz CT molecular complexity index is 201. The predicted octanol–water partition coefficient (Wildman–Crippen LogP) is 0.423. The Kier molecular flexibility index (Phi) is 2.82. The number of nitrogens with zero attached hydrogens (tertiary/aromatic N) is 3. The third kappa shape index (κ3) is 1.78. The van der Waals surface area contributed by atoms with Gasteiger partial charge >= 0.3 is 0 Å². The maximum Gasteiger partial charge on any atom is 0.195 e. The van der Waals surface area contributed by atoms with E-state index in [2.05, 4.69) is 26.0 Å². The Hall–Kier alpha value is -0.420. The molecule has 0 aromatic carbocycles. The van der Waals surface area contributed by atoms with Gasteiger partial charge in [-0.1, -0.05) is 0 Å². The smallest absolute Gasteiger partial charge is 0.195 e. The molecule has 1 heterocycles. The van der Waals surface area contributed by atoms with Crippen LogP contribution in [0.3, 0.4) is 0 Å². The zero-order chi connectivity index (χ0) is 7.40. The molecule has 0 radical (unpaired) electrons. The first kappa shape index (κ1) is 7.68. The van der Waals surface area contributed by atoms with Crippen molar-refractivity contribution in [3.63, 3.8) is 0 Å². The van der Waals surface area contributed by atoms with Crippen LogP contribution in [0.4, 0.5) is 0 Å². The van der Waals surface area contributed by atoms with Crippen molar-refractivity contribution in [3.05, 3.63) is 11.1 Å². The lowest BCUT2D eigenvalue weighted by molar-refractivity contribution is 0.276. The van der Waals surface area contributed by atoms with E-state index in [1.54, 1.807) is 4.68 Å². The summed E-state index contributed by atoms with van der Waals surface area (Å²) in [6.45, 7) is 0.892. The van der Waals surface area contributed by atoms with E-state index in [0.29, 0.717) is 17.7 Å². The lowest BCUT2D eigenvalue weighted by Crippen LogP contribution is -2.01. The monoisotopic (exact) mass is 205 g/mol. The maximum atomic E-state index is 8.48. The summed E-state index contributed by atoms with van der Waals surface area (Å²) in [5.74, 6) is 0. The van der Waals surface area contributed by atoms with E-state index in [1.165, 1.54) is 6.33 Å².